The van der Waals surface area contributed by atoms with Crippen LogP contribution in [-0.4, -0.2) is 5.11 Å². The minimum Gasteiger partial charge on any atom is -0.387 e. The zero-order valence-corrected chi connectivity index (χ0v) is 12.6. The number of hydrogen-bond donors (Lipinski definition) is 1. The van der Waals surface area contributed by atoms with Gasteiger partial charge in [-0.15, -0.1) is 11.3 Å². The molecule has 90 valence electrons. The highest BCUT2D eigenvalue weighted by Gasteiger charge is 2.13. The molecule has 0 amide bonds. The van der Waals surface area contributed by atoms with Crippen LogP contribution in [0.3, 0.4) is 0 Å². The first-order chi connectivity index (χ1) is 8.06. The summed E-state index contributed by atoms with van der Waals surface area (Å²) in [4.78, 5) is 0.869. The molecule has 0 aliphatic heterocycles. The van der Waals surface area contributed by atoms with Crippen LogP contribution in [0, 0.1) is 5.82 Å². The molecule has 0 bridgehead atoms. The Balaban J connectivity index is 2.18. The molecule has 1 nitrogen and oxygen atoms in total. The minimum atomic E-state index is -0.607. The smallest absolute Gasteiger partial charge is 0.123 e. The van der Waals surface area contributed by atoms with E-state index in [1.165, 1.54) is 23.5 Å². The standard InChI is InChI=1S/C12H9Br2FOS/c13-8-5-12(17-6-8)11(16)4-7-3-9(15)1-2-10(7)14/h1-3,5-6,11,16H,4H2. The lowest BCUT2D eigenvalue weighted by Crippen LogP contribution is -2.00. The molecule has 0 saturated carbocycles. The lowest BCUT2D eigenvalue weighted by Gasteiger charge is -2.10. The number of thiophene rings is 1. The van der Waals surface area contributed by atoms with Gasteiger partial charge in [-0.1, -0.05) is 15.9 Å². The molecule has 1 heterocycles. The molecule has 2 aromatic rings. The minimum absolute atomic E-state index is 0.289. The van der Waals surface area contributed by atoms with E-state index in [-0.39, 0.29) is 5.82 Å². The number of halogens is 3. The van der Waals surface area contributed by atoms with E-state index in [2.05, 4.69) is 31.9 Å². The van der Waals surface area contributed by atoms with E-state index < -0.39 is 6.10 Å². The second-order valence-corrected chi connectivity index (χ2v) is 6.34. The lowest BCUT2D eigenvalue weighted by molar-refractivity contribution is 0.182. The molecule has 1 unspecified atom stereocenters. The largest absolute Gasteiger partial charge is 0.387 e. The molecule has 1 N–H and O–H groups in total. The zero-order chi connectivity index (χ0) is 12.4. The fraction of sp³-hybridized carbons (Fsp3) is 0.167. The van der Waals surface area contributed by atoms with Gasteiger partial charge in [0.1, 0.15) is 5.82 Å². The molecule has 17 heavy (non-hydrogen) atoms. The molecular weight excluding hydrogens is 371 g/mol. The van der Waals surface area contributed by atoms with Crippen molar-refractivity contribution in [3.63, 3.8) is 0 Å². The Morgan fingerprint density at radius 3 is 2.71 bits per heavy atom. The summed E-state index contributed by atoms with van der Waals surface area (Å²) in [5.74, 6) is -0.289. The Hall–Kier alpha value is -0.230. The number of hydrogen-bond acceptors (Lipinski definition) is 2. The summed E-state index contributed by atoms with van der Waals surface area (Å²) in [6.45, 7) is 0. The Morgan fingerprint density at radius 2 is 2.06 bits per heavy atom. The van der Waals surface area contributed by atoms with Crippen LogP contribution in [-0.2, 0) is 6.42 Å². The van der Waals surface area contributed by atoms with Crippen molar-refractivity contribution in [1.82, 2.24) is 0 Å². The van der Waals surface area contributed by atoms with Crippen LogP contribution >= 0.6 is 43.2 Å². The van der Waals surface area contributed by atoms with Gasteiger partial charge in [-0.2, -0.15) is 0 Å². The van der Waals surface area contributed by atoms with Crippen LogP contribution in [0.2, 0.25) is 0 Å². The Kier molecular flexibility index (Phi) is 4.36. The summed E-state index contributed by atoms with van der Waals surface area (Å²) in [5.41, 5.74) is 0.766. The van der Waals surface area contributed by atoms with Gasteiger partial charge in [-0.05, 0) is 45.8 Å². The number of aliphatic hydroxyl groups excluding tert-OH is 1. The van der Waals surface area contributed by atoms with Gasteiger partial charge in [-0.25, -0.2) is 4.39 Å². The van der Waals surface area contributed by atoms with Gasteiger partial charge in [0, 0.05) is 25.6 Å². The van der Waals surface area contributed by atoms with E-state index in [0.717, 1.165) is 19.4 Å². The fourth-order valence-electron chi connectivity index (χ4n) is 1.51. The Labute approximate surface area is 120 Å². The molecule has 0 spiro atoms. The highest BCUT2D eigenvalue weighted by molar-refractivity contribution is 9.10. The summed E-state index contributed by atoms with van der Waals surface area (Å²) in [5, 5.41) is 12.0. The number of aliphatic hydroxyl groups is 1. The van der Waals surface area contributed by atoms with Crippen molar-refractivity contribution in [3.05, 3.63) is 54.8 Å². The highest BCUT2D eigenvalue weighted by atomic mass is 79.9. The molecule has 0 radical (unpaired) electrons. The zero-order valence-electron chi connectivity index (χ0n) is 8.66. The Morgan fingerprint density at radius 1 is 1.29 bits per heavy atom. The molecule has 0 aliphatic rings. The van der Waals surface area contributed by atoms with Crippen molar-refractivity contribution in [1.29, 1.82) is 0 Å². The normalized spacial score (nSPS) is 12.7. The van der Waals surface area contributed by atoms with Crippen molar-refractivity contribution < 1.29 is 9.50 Å². The SMILES string of the molecule is OC(Cc1cc(F)ccc1Br)c1cc(Br)cs1. The summed E-state index contributed by atoms with van der Waals surface area (Å²) < 4.78 is 14.9. The molecular formula is C12H9Br2FOS. The monoisotopic (exact) mass is 378 g/mol. The highest BCUT2D eigenvalue weighted by Crippen LogP contribution is 2.29. The van der Waals surface area contributed by atoms with E-state index in [1.54, 1.807) is 6.07 Å². The van der Waals surface area contributed by atoms with E-state index in [1.807, 2.05) is 11.4 Å². The van der Waals surface area contributed by atoms with Crippen LogP contribution < -0.4 is 0 Å². The molecule has 0 aliphatic carbocycles. The molecule has 0 fully saturated rings. The van der Waals surface area contributed by atoms with Crippen molar-refractivity contribution in [2.45, 2.75) is 12.5 Å². The van der Waals surface area contributed by atoms with Crippen molar-refractivity contribution >= 4 is 43.2 Å². The van der Waals surface area contributed by atoms with Gasteiger partial charge in [0.25, 0.3) is 0 Å². The molecule has 2 rings (SSSR count). The summed E-state index contributed by atoms with van der Waals surface area (Å²) >= 11 is 8.18. The van der Waals surface area contributed by atoms with Crippen LogP contribution in [0.1, 0.15) is 16.5 Å². The van der Waals surface area contributed by atoms with E-state index >= 15 is 0 Å². The topological polar surface area (TPSA) is 20.2 Å². The third-order valence-corrected chi connectivity index (χ3v) is 4.91. The number of benzene rings is 1. The summed E-state index contributed by atoms with van der Waals surface area (Å²) in [7, 11) is 0. The van der Waals surface area contributed by atoms with Crippen LogP contribution in [0.15, 0.2) is 38.6 Å². The maximum atomic E-state index is 13.1. The van der Waals surface area contributed by atoms with Crippen LogP contribution in [0.25, 0.3) is 0 Å². The van der Waals surface area contributed by atoms with Gasteiger partial charge in [0.15, 0.2) is 0 Å². The van der Waals surface area contributed by atoms with Gasteiger partial charge in [0.05, 0.1) is 6.10 Å². The third-order valence-electron chi connectivity index (χ3n) is 2.34. The summed E-state index contributed by atoms with van der Waals surface area (Å²) in [6.07, 6.45) is -0.213. The predicted molar refractivity (Wildman–Crippen MR) is 74.8 cm³/mol. The van der Waals surface area contributed by atoms with Crippen molar-refractivity contribution in [2.24, 2.45) is 0 Å². The molecule has 1 atom stereocenters. The van der Waals surface area contributed by atoms with E-state index in [9.17, 15) is 9.50 Å². The second kappa shape index (κ2) is 5.61. The predicted octanol–water partition coefficient (Wildman–Crippen LogP) is 4.69. The van der Waals surface area contributed by atoms with Gasteiger partial charge in [-0.3, -0.25) is 0 Å². The van der Waals surface area contributed by atoms with Crippen LogP contribution in [0.4, 0.5) is 4.39 Å². The van der Waals surface area contributed by atoms with Gasteiger partial charge < -0.3 is 5.11 Å². The van der Waals surface area contributed by atoms with Gasteiger partial charge >= 0.3 is 0 Å². The maximum Gasteiger partial charge on any atom is 0.123 e. The molecule has 0 saturated heterocycles. The van der Waals surface area contributed by atoms with Crippen molar-refractivity contribution in [2.75, 3.05) is 0 Å². The Bertz CT molecular complexity index is 527. The first kappa shape index (κ1) is 13.2. The molecule has 5 heteroatoms. The fourth-order valence-corrected chi connectivity index (χ4v) is 3.35. The van der Waals surface area contributed by atoms with E-state index in [0.29, 0.717) is 6.42 Å². The van der Waals surface area contributed by atoms with Gasteiger partial charge in [0.2, 0.25) is 0 Å². The first-order valence-electron chi connectivity index (χ1n) is 4.92. The first-order valence-corrected chi connectivity index (χ1v) is 7.39. The average molecular weight is 380 g/mol. The van der Waals surface area contributed by atoms with E-state index in [4.69, 9.17) is 0 Å². The maximum absolute atomic E-state index is 13.1. The third kappa shape index (κ3) is 3.37. The summed E-state index contributed by atoms with van der Waals surface area (Å²) in [6, 6.07) is 6.36. The quantitative estimate of drug-likeness (QED) is 0.820. The van der Waals surface area contributed by atoms with Crippen molar-refractivity contribution in [3.8, 4) is 0 Å². The average Bonchev–Trinajstić information content (AvgIpc) is 2.70. The lowest BCUT2D eigenvalue weighted by atomic mass is 10.1. The molecule has 1 aromatic carbocycles. The second-order valence-electron chi connectivity index (χ2n) is 3.62. The van der Waals surface area contributed by atoms with Crippen LogP contribution in [0.5, 0.6) is 0 Å². The number of rotatable bonds is 3. The molecule has 1 aromatic heterocycles.